The normalized spacial score (nSPS) is 12.8. The minimum Gasteiger partial charge on any atom is -0.464 e. The van der Waals surface area contributed by atoms with Crippen LogP contribution in [0.3, 0.4) is 0 Å². The fourth-order valence-electron chi connectivity index (χ4n) is 0.301. The molecule has 0 fully saturated rings. The van der Waals surface area contributed by atoms with Gasteiger partial charge in [-0.3, -0.25) is 0 Å². The molecule has 0 saturated carbocycles. The van der Waals surface area contributed by atoms with Crippen LogP contribution in [0.5, 0.6) is 0 Å². The molecule has 1 atom stereocenters. The SMILES string of the molecule is CCOC(=O)[C@@H](O)CBr. The summed E-state index contributed by atoms with van der Waals surface area (Å²) in [6, 6.07) is 0. The molecule has 0 aromatic heterocycles. The summed E-state index contributed by atoms with van der Waals surface area (Å²) in [6.07, 6.45) is -1.02. The number of alkyl halides is 1. The number of aliphatic hydroxyl groups is 1. The Morgan fingerprint density at radius 3 is 2.78 bits per heavy atom. The molecule has 0 aliphatic rings. The first-order valence-corrected chi connectivity index (χ1v) is 3.75. The van der Waals surface area contributed by atoms with Crippen LogP contribution in [-0.4, -0.2) is 29.1 Å². The maximum absolute atomic E-state index is 10.5. The van der Waals surface area contributed by atoms with Crippen molar-refractivity contribution >= 4 is 21.9 Å². The van der Waals surface area contributed by atoms with E-state index in [4.69, 9.17) is 5.11 Å². The second-order valence-corrected chi connectivity index (χ2v) is 2.07. The molecule has 3 nitrogen and oxygen atoms in total. The molecule has 0 heterocycles. The lowest BCUT2D eigenvalue weighted by Gasteiger charge is -2.04. The van der Waals surface area contributed by atoms with Crippen LogP contribution >= 0.6 is 15.9 Å². The van der Waals surface area contributed by atoms with Gasteiger partial charge >= 0.3 is 5.97 Å². The molecule has 0 aliphatic heterocycles. The van der Waals surface area contributed by atoms with Crippen LogP contribution in [0.25, 0.3) is 0 Å². The number of carbonyl (C=O) groups excluding carboxylic acids is 1. The Bertz CT molecular complexity index is 94.2. The number of hydrogen-bond acceptors (Lipinski definition) is 3. The van der Waals surface area contributed by atoms with Crippen molar-refractivity contribution in [1.82, 2.24) is 0 Å². The van der Waals surface area contributed by atoms with E-state index < -0.39 is 12.1 Å². The van der Waals surface area contributed by atoms with Gasteiger partial charge in [-0.15, -0.1) is 0 Å². The van der Waals surface area contributed by atoms with Crippen LogP contribution in [-0.2, 0) is 9.53 Å². The van der Waals surface area contributed by atoms with Gasteiger partial charge < -0.3 is 9.84 Å². The number of carbonyl (C=O) groups is 1. The maximum atomic E-state index is 10.5. The smallest absolute Gasteiger partial charge is 0.335 e. The van der Waals surface area contributed by atoms with Crippen molar-refractivity contribution in [2.75, 3.05) is 11.9 Å². The quantitative estimate of drug-likeness (QED) is 0.523. The van der Waals surface area contributed by atoms with Crippen molar-refractivity contribution in [3.05, 3.63) is 0 Å². The van der Waals surface area contributed by atoms with Crippen LogP contribution in [0.2, 0.25) is 0 Å². The van der Waals surface area contributed by atoms with Crippen molar-refractivity contribution in [3.8, 4) is 0 Å². The van der Waals surface area contributed by atoms with E-state index in [2.05, 4.69) is 20.7 Å². The predicted molar refractivity (Wildman–Crippen MR) is 36.4 cm³/mol. The Labute approximate surface area is 62.1 Å². The molecule has 4 heteroatoms. The summed E-state index contributed by atoms with van der Waals surface area (Å²) < 4.78 is 4.48. The number of esters is 1. The van der Waals surface area contributed by atoms with Gasteiger partial charge in [0.15, 0.2) is 6.10 Å². The van der Waals surface area contributed by atoms with Gasteiger partial charge in [0.05, 0.1) is 6.61 Å². The standard InChI is InChI=1S/C5H9BrO3/c1-2-9-5(8)4(7)3-6/h4,7H,2-3H2,1H3/t4-/m0/s1. The highest BCUT2D eigenvalue weighted by atomic mass is 79.9. The van der Waals surface area contributed by atoms with E-state index in [0.717, 1.165) is 0 Å². The lowest BCUT2D eigenvalue weighted by atomic mass is 10.4. The molecule has 0 aromatic carbocycles. The van der Waals surface area contributed by atoms with Crippen molar-refractivity contribution < 1.29 is 14.6 Å². The zero-order chi connectivity index (χ0) is 7.28. The zero-order valence-electron chi connectivity index (χ0n) is 5.13. The number of halogens is 1. The summed E-state index contributed by atoms with van der Waals surface area (Å²) in [4.78, 5) is 10.5. The Balaban J connectivity index is 3.46. The molecule has 0 aliphatic carbocycles. The van der Waals surface area contributed by atoms with Crippen molar-refractivity contribution in [1.29, 1.82) is 0 Å². The van der Waals surface area contributed by atoms with E-state index in [1.165, 1.54) is 0 Å². The van der Waals surface area contributed by atoms with Gasteiger partial charge in [0.1, 0.15) is 0 Å². The number of rotatable bonds is 3. The van der Waals surface area contributed by atoms with Crippen molar-refractivity contribution in [2.45, 2.75) is 13.0 Å². The lowest BCUT2D eigenvalue weighted by Crippen LogP contribution is -2.24. The molecule has 0 unspecified atom stereocenters. The zero-order valence-corrected chi connectivity index (χ0v) is 6.72. The van der Waals surface area contributed by atoms with E-state index in [1.54, 1.807) is 6.92 Å². The van der Waals surface area contributed by atoms with Gasteiger partial charge in [-0.25, -0.2) is 4.79 Å². The first-order valence-electron chi connectivity index (χ1n) is 2.63. The molecule has 0 aromatic rings. The van der Waals surface area contributed by atoms with Gasteiger partial charge in [-0.05, 0) is 6.92 Å². The summed E-state index contributed by atoms with van der Waals surface area (Å²) in [7, 11) is 0. The molecule has 0 bridgehead atoms. The second kappa shape index (κ2) is 4.76. The lowest BCUT2D eigenvalue weighted by molar-refractivity contribution is -0.151. The van der Waals surface area contributed by atoms with E-state index in [0.29, 0.717) is 6.61 Å². The first kappa shape index (κ1) is 8.91. The second-order valence-electron chi connectivity index (χ2n) is 1.42. The minimum absolute atomic E-state index is 0.228. The molecule has 0 amide bonds. The molecule has 0 spiro atoms. The maximum Gasteiger partial charge on any atom is 0.335 e. The van der Waals surface area contributed by atoms with Crippen LogP contribution in [0.4, 0.5) is 0 Å². The van der Waals surface area contributed by atoms with Crippen molar-refractivity contribution in [2.24, 2.45) is 0 Å². The van der Waals surface area contributed by atoms with Gasteiger partial charge in [0, 0.05) is 5.33 Å². The molecular weight excluding hydrogens is 188 g/mol. The van der Waals surface area contributed by atoms with E-state index in [9.17, 15) is 4.79 Å². The molecule has 0 radical (unpaired) electrons. The van der Waals surface area contributed by atoms with Crippen LogP contribution in [0, 0.1) is 0 Å². The van der Waals surface area contributed by atoms with Gasteiger partial charge in [0.25, 0.3) is 0 Å². The first-order chi connectivity index (χ1) is 4.22. The average molecular weight is 197 g/mol. The highest BCUT2D eigenvalue weighted by Crippen LogP contribution is 1.92. The van der Waals surface area contributed by atoms with Gasteiger partial charge in [-0.2, -0.15) is 0 Å². The van der Waals surface area contributed by atoms with Crippen LogP contribution < -0.4 is 0 Å². The molecule has 1 N–H and O–H groups in total. The van der Waals surface area contributed by atoms with Gasteiger partial charge in [0.2, 0.25) is 0 Å². The minimum atomic E-state index is -1.02. The summed E-state index contributed by atoms with van der Waals surface area (Å²) in [5.41, 5.74) is 0. The fraction of sp³-hybridized carbons (Fsp3) is 0.800. The largest absolute Gasteiger partial charge is 0.464 e. The van der Waals surface area contributed by atoms with E-state index in [-0.39, 0.29) is 5.33 Å². The third-order valence-corrected chi connectivity index (χ3v) is 1.32. The molecule has 0 saturated heterocycles. The van der Waals surface area contributed by atoms with E-state index in [1.807, 2.05) is 0 Å². The number of ether oxygens (including phenoxy) is 1. The monoisotopic (exact) mass is 196 g/mol. The molecular formula is C5H9BrO3. The number of hydrogen-bond donors (Lipinski definition) is 1. The summed E-state index contributed by atoms with van der Waals surface area (Å²) in [6.45, 7) is 2.00. The summed E-state index contributed by atoms with van der Waals surface area (Å²) in [5.74, 6) is -0.575. The third kappa shape index (κ3) is 3.48. The highest BCUT2D eigenvalue weighted by molar-refractivity contribution is 9.09. The Kier molecular flexibility index (Phi) is 4.71. The topological polar surface area (TPSA) is 46.5 Å². The Morgan fingerprint density at radius 1 is 1.89 bits per heavy atom. The summed E-state index contributed by atoms with van der Waals surface area (Å²) in [5, 5.41) is 8.96. The van der Waals surface area contributed by atoms with E-state index >= 15 is 0 Å². The van der Waals surface area contributed by atoms with Crippen LogP contribution in [0.1, 0.15) is 6.92 Å². The molecule has 9 heavy (non-hydrogen) atoms. The van der Waals surface area contributed by atoms with Crippen molar-refractivity contribution in [3.63, 3.8) is 0 Å². The summed E-state index contributed by atoms with van der Waals surface area (Å²) >= 11 is 2.93. The van der Waals surface area contributed by atoms with Gasteiger partial charge in [-0.1, -0.05) is 15.9 Å². The molecule has 0 rings (SSSR count). The van der Waals surface area contributed by atoms with Crippen LogP contribution in [0.15, 0.2) is 0 Å². The number of aliphatic hydroxyl groups excluding tert-OH is 1. The fourth-order valence-corrected chi connectivity index (χ4v) is 0.566. The average Bonchev–Trinajstić information content (AvgIpc) is 1.87. The third-order valence-electron chi connectivity index (χ3n) is 0.705. The Morgan fingerprint density at radius 2 is 2.44 bits per heavy atom. The predicted octanol–water partition coefficient (Wildman–Crippen LogP) is 0.305. The Hall–Kier alpha value is -0.0900. The highest BCUT2D eigenvalue weighted by Gasteiger charge is 2.12. The molecule has 54 valence electrons.